The van der Waals surface area contributed by atoms with Gasteiger partial charge in [-0.2, -0.15) is 10.2 Å². The van der Waals surface area contributed by atoms with Gasteiger partial charge in [0.15, 0.2) is 11.5 Å². The SMILES string of the molecule is CCOc1cc(/C=N/NC(=O)Cn2cc([N+](=O)[O-])cn2)cc(Br)c1OCc1cccc(C)c1. The first-order chi connectivity index (χ1) is 15.9. The maximum Gasteiger partial charge on any atom is 0.307 e. The summed E-state index contributed by atoms with van der Waals surface area (Å²) in [7, 11) is 0. The summed E-state index contributed by atoms with van der Waals surface area (Å²) in [6.07, 6.45) is 3.71. The van der Waals surface area contributed by atoms with Gasteiger partial charge in [0.05, 0.1) is 22.2 Å². The minimum Gasteiger partial charge on any atom is -0.490 e. The number of aryl methyl sites for hydroxylation is 1. The number of hydrogen-bond acceptors (Lipinski definition) is 7. The number of carbonyl (C=O) groups is 1. The lowest BCUT2D eigenvalue weighted by atomic mass is 10.1. The maximum absolute atomic E-state index is 12.0. The van der Waals surface area contributed by atoms with Crippen molar-refractivity contribution in [1.82, 2.24) is 15.2 Å². The quantitative estimate of drug-likeness (QED) is 0.247. The number of nitrogens with one attached hydrogen (secondary N) is 1. The molecule has 1 amide bonds. The van der Waals surface area contributed by atoms with Gasteiger partial charge in [-0.3, -0.25) is 19.6 Å². The van der Waals surface area contributed by atoms with Gasteiger partial charge < -0.3 is 9.47 Å². The zero-order valence-electron chi connectivity index (χ0n) is 18.0. The predicted molar refractivity (Wildman–Crippen MR) is 125 cm³/mol. The highest BCUT2D eigenvalue weighted by Gasteiger charge is 2.13. The van der Waals surface area contributed by atoms with E-state index in [-0.39, 0.29) is 12.2 Å². The van der Waals surface area contributed by atoms with Crippen molar-refractivity contribution in [2.75, 3.05) is 6.61 Å². The molecule has 33 heavy (non-hydrogen) atoms. The minimum atomic E-state index is -0.582. The molecule has 3 rings (SSSR count). The molecular formula is C22H22BrN5O5. The maximum atomic E-state index is 12.0. The Labute approximate surface area is 198 Å². The number of rotatable bonds is 10. The van der Waals surface area contributed by atoms with Gasteiger partial charge in [0.25, 0.3) is 5.91 Å². The van der Waals surface area contributed by atoms with E-state index < -0.39 is 10.8 Å². The average molecular weight is 516 g/mol. The van der Waals surface area contributed by atoms with Crippen LogP contribution in [0.25, 0.3) is 0 Å². The van der Waals surface area contributed by atoms with Crippen molar-refractivity contribution in [2.45, 2.75) is 27.0 Å². The first-order valence-corrected chi connectivity index (χ1v) is 10.8. The van der Waals surface area contributed by atoms with Crippen LogP contribution in [0.15, 0.2) is 58.4 Å². The Balaban J connectivity index is 1.65. The van der Waals surface area contributed by atoms with E-state index in [1.54, 1.807) is 12.1 Å². The van der Waals surface area contributed by atoms with Crippen LogP contribution in [-0.2, 0) is 17.9 Å². The van der Waals surface area contributed by atoms with Crippen LogP contribution < -0.4 is 14.9 Å². The highest BCUT2D eigenvalue weighted by atomic mass is 79.9. The van der Waals surface area contributed by atoms with E-state index in [1.807, 2.05) is 32.0 Å². The van der Waals surface area contributed by atoms with Gasteiger partial charge in [-0.05, 0) is 53.0 Å². The number of halogens is 1. The monoisotopic (exact) mass is 515 g/mol. The summed E-state index contributed by atoms with van der Waals surface area (Å²) in [6, 6.07) is 11.6. The smallest absolute Gasteiger partial charge is 0.307 e. The Hall–Kier alpha value is -3.73. The van der Waals surface area contributed by atoms with Crippen molar-refractivity contribution in [3.05, 3.63) is 80.1 Å². The van der Waals surface area contributed by atoms with Gasteiger partial charge in [0, 0.05) is 0 Å². The summed E-state index contributed by atoms with van der Waals surface area (Å²) in [6.45, 7) is 4.52. The van der Waals surface area contributed by atoms with Gasteiger partial charge in [0.1, 0.15) is 25.5 Å². The van der Waals surface area contributed by atoms with Crippen LogP contribution in [0, 0.1) is 17.0 Å². The molecule has 11 heteroatoms. The van der Waals surface area contributed by atoms with E-state index in [0.717, 1.165) is 22.0 Å². The molecule has 1 aromatic heterocycles. The number of aromatic nitrogens is 2. The molecule has 0 fully saturated rings. The number of nitro groups is 1. The topological polar surface area (TPSA) is 121 Å². The molecule has 0 aliphatic heterocycles. The highest BCUT2D eigenvalue weighted by Crippen LogP contribution is 2.37. The largest absolute Gasteiger partial charge is 0.490 e. The molecule has 172 valence electrons. The van der Waals surface area contributed by atoms with Gasteiger partial charge >= 0.3 is 5.69 Å². The summed E-state index contributed by atoms with van der Waals surface area (Å²) in [4.78, 5) is 22.1. The number of hydrogen-bond donors (Lipinski definition) is 1. The second-order valence-corrected chi connectivity index (χ2v) is 7.84. The van der Waals surface area contributed by atoms with Gasteiger partial charge in [-0.25, -0.2) is 5.43 Å². The summed E-state index contributed by atoms with van der Waals surface area (Å²) in [5.74, 6) is 0.627. The average Bonchev–Trinajstić information content (AvgIpc) is 3.22. The van der Waals surface area contributed by atoms with Gasteiger partial charge in [-0.15, -0.1) is 0 Å². The Morgan fingerprint density at radius 3 is 2.85 bits per heavy atom. The van der Waals surface area contributed by atoms with Crippen LogP contribution in [0.4, 0.5) is 5.69 Å². The molecule has 0 radical (unpaired) electrons. The van der Waals surface area contributed by atoms with E-state index in [4.69, 9.17) is 9.47 Å². The van der Waals surface area contributed by atoms with E-state index in [9.17, 15) is 14.9 Å². The van der Waals surface area contributed by atoms with Crippen molar-refractivity contribution in [1.29, 1.82) is 0 Å². The normalized spacial score (nSPS) is 10.9. The molecule has 0 aliphatic rings. The summed E-state index contributed by atoms with van der Waals surface area (Å²) >= 11 is 3.51. The van der Waals surface area contributed by atoms with Crippen molar-refractivity contribution in [2.24, 2.45) is 5.10 Å². The number of nitrogens with zero attached hydrogens (tertiary/aromatic N) is 4. The Morgan fingerprint density at radius 2 is 2.15 bits per heavy atom. The lowest BCUT2D eigenvalue weighted by Crippen LogP contribution is -2.23. The third-order valence-electron chi connectivity index (χ3n) is 4.34. The Kier molecular flexibility index (Phi) is 8.14. The van der Waals surface area contributed by atoms with Gasteiger partial charge in [0.2, 0.25) is 0 Å². The van der Waals surface area contributed by atoms with Crippen LogP contribution in [0.2, 0.25) is 0 Å². The van der Waals surface area contributed by atoms with Crippen molar-refractivity contribution in [3.8, 4) is 11.5 Å². The predicted octanol–water partition coefficient (Wildman–Crippen LogP) is 3.99. The molecule has 10 nitrogen and oxygen atoms in total. The van der Waals surface area contributed by atoms with Crippen LogP contribution in [-0.4, -0.2) is 33.4 Å². The van der Waals surface area contributed by atoms with Crippen molar-refractivity contribution in [3.63, 3.8) is 0 Å². The lowest BCUT2D eigenvalue weighted by molar-refractivity contribution is -0.385. The summed E-state index contributed by atoms with van der Waals surface area (Å²) in [5.41, 5.74) is 5.04. The van der Waals surface area contributed by atoms with Crippen LogP contribution in [0.3, 0.4) is 0 Å². The highest BCUT2D eigenvalue weighted by molar-refractivity contribution is 9.10. The molecule has 0 saturated heterocycles. The molecule has 1 heterocycles. The van der Waals surface area contributed by atoms with E-state index in [1.165, 1.54) is 12.4 Å². The van der Waals surface area contributed by atoms with Crippen molar-refractivity contribution < 1.29 is 19.2 Å². The van der Waals surface area contributed by atoms with Crippen molar-refractivity contribution >= 4 is 33.7 Å². The third-order valence-corrected chi connectivity index (χ3v) is 4.93. The van der Waals surface area contributed by atoms with E-state index >= 15 is 0 Å². The summed E-state index contributed by atoms with van der Waals surface area (Å²) in [5, 5.41) is 18.4. The van der Waals surface area contributed by atoms with Crippen LogP contribution in [0.1, 0.15) is 23.6 Å². The number of hydrazone groups is 1. The fourth-order valence-corrected chi connectivity index (χ4v) is 3.49. The number of amides is 1. The Bertz CT molecular complexity index is 1180. The first kappa shape index (κ1) is 23.9. The number of ether oxygens (including phenoxy) is 2. The molecule has 0 spiro atoms. The second kappa shape index (κ2) is 11.2. The molecule has 0 unspecified atom stereocenters. The van der Waals surface area contributed by atoms with E-state index in [0.29, 0.717) is 34.7 Å². The Morgan fingerprint density at radius 1 is 1.33 bits per heavy atom. The molecule has 0 aliphatic carbocycles. The first-order valence-electron chi connectivity index (χ1n) is 9.99. The molecule has 3 aromatic rings. The lowest BCUT2D eigenvalue weighted by Gasteiger charge is -2.15. The molecule has 1 N–H and O–H groups in total. The molecular weight excluding hydrogens is 494 g/mol. The fourth-order valence-electron chi connectivity index (χ4n) is 2.92. The molecule has 2 aromatic carbocycles. The standard InChI is InChI=1S/C22H22BrN5O5/c1-3-32-20-9-17(8-19(23)22(20)33-14-16-6-4-5-15(2)7-16)10-24-26-21(29)13-27-12-18(11-25-27)28(30)31/h4-12H,3,13-14H2,1-2H3,(H,26,29)/b24-10+. The molecule has 0 bridgehead atoms. The van der Waals surface area contributed by atoms with Crippen LogP contribution >= 0.6 is 15.9 Å². The molecule has 0 saturated carbocycles. The number of carbonyl (C=O) groups excluding carboxylic acids is 1. The van der Waals surface area contributed by atoms with Crippen LogP contribution in [0.5, 0.6) is 11.5 Å². The minimum absolute atomic E-state index is 0.190. The third kappa shape index (κ3) is 6.88. The second-order valence-electron chi connectivity index (χ2n) is 6.99. The zero-order chi connectivity index (χ0) is 23.8. The zero-order valence-corrected chi connectivity index (χ0v) is 19.6. The summed E-state index contributed by atoms with van der Waals surface area (Å²) < 4.78 is 13.6. The number of benzene rings is 2. The fraction of sp³-hybridized carbons (Fsp3) is 0.227. The molecule has 0 atom stereocenters. The van der Waals surface area contributed by atoms with E-state index in [2.05, 4.69) is 37.6 Å². The van der Waals surface area contributed by atoms with Gasteiger partial charge in [-0.1, -0.05) is 29.8 Å².